The Morgan fingerprint density at radius 1 is 1.37 bits per heavy atom. The highest BCUT2D eigenvalue weighted by Gasteiger charge is 2.23. The van der Waals surface area contributed by atoms with Gasteiger partial charge in [0.2, 0.25) is 0 Å². The van der Waals surface area contributed by atoms with Crippen LogP contribution in [0.15, 0.2) is 29.0 Å². The van der Waals surface area contributed by atoms with Crippen LogP contribution in [0.1, 0.15) is 12.8 Å². The van der Waals surface area contributed by atoms with Gasteiger partial charge in [-0.3, -0.25) is 9.97 Å². The van der Waals surface area contributed by atoms with Gasteiger partial charge in [-0.05, 0) is 46.8 Å². The molecule has 0 aliphatic carbocycles. The van der Waals surface area contributed by atoms with Crippen LogP contribution < -0.4 is 4.90 Å². The highest BCUT2D eigenvalue weighted by Crippen LogP contribution is 2.30. The molecule has 1 atom stereocenters. The predicted octanol–water partition coefficient (Wildman–Crippen LogP) is 4.00. The Balaban J connectivity index is 1.93. The van der Waals surface area contributed by atoms with Crippen molar-refractivity contribution >= 4 is 48.6 Å². The number of hydrogen-bond donors (Lipinski definition) is 0. The number of nitrogens with zero attached hydrogens (tertiary/aromatic N) is 3. The van der Waals surface area contributed by atoms with E-state index in [0.717, 1.165) is 39.8 Å². The summed E-state index contributed by atoms with van der Waals surface area (Å²) in [6.07, 6.45) is 6.24. The summed E-state index contributed by atoms with van der Waals surface area (Å²) in [5, 5.41) is 1.09. The number of aromatic nitrogens is 2. The molecule has 0 N–H and O–H groups in total. The van der Waals surface area contributed by atoms with Gasteiger partial charge in [0.25, 0.3) is 0 Å². The summed E-state index contributed by atoms with van der Waals surface area (Å²) in [6.45, 7) is 2.25. The van der Waals surface area contributed by atoms with Crippen molar-refractivity contribution in [2.75, 3.05) is 23.3 Å². The van der Waals surface area contributed by atoms with Crippen molar-refractivity contribution in [3.8, 4) is 0 Å². The van der Waals surface area contributed by atoms with E-state index in [1.807, 2.05) is 18.5 Å². The summed E-state index contributed by atoms with van der Waals surface area (Å²) in [6, 6.07) is 4.11. The average molecular weight is 385 g/mol. The number of pyridine rings is 2. The van der Waals surface area contributed by atoms with E-state index < -0.39 is 0 Å². The Kier molecular flexibility index (Phi) is 4.03. The minimum atomic E-state index is 0.790. The van der Waals surface area contributed by atoms with E-state index in [2.05, 4.69) is 52.8 Å². The Bertz CT molecular complexity index is 588. The zero-order valence-electron chi connectivity index (χ0n) is 10.5. The second-order valence-corrected chi connectivity index (χ2v) is 6.64. The SMILES string of the molecule is BrCCC1CCN(c2ccnc3cc(Br)cnc23)C1. The maximum atomic E-state index is 4.54. The van der Waals surface area contributed by atoms with Crippen molar-refractivity contribution in [1.82, 2.24) is 9.97 Å². The molecule has 0 aromatic carbocycles. The van der Waals surface area contributed by atoms with E-state index in [0.29, 0.717) is 0 Å². The first-order valence-corrected chi connectivity index (χ1v) is 8.40. The van der Waals surface area contributed by atoms with Crippen molar-refractivity contribution in [2.24, 2.45) is 5.92 Å². The van der Waals surface area contributed by atoms with Gasteiger partial charge in [0.15, 0.2) is 0 Å². The first kappa shape index (κ1) is 13.3. The molecule has 1 fully saturated rings. The quantitative estimate of drug-likeness (QED) is 0.748. The van der Waals surface area contributed by atoms with Crippen molar-refractivity contribution in [2.45, 2.75) is 12.8 Å². The standard InChI is InChI=1S/C14H15Br2N3/c15-4-1-10-3-6-19(9-10)13-2-5-17-12-7-11(16)8-18-14(12)13/h2,5,7-8,10H,1,3-4,6,9H2. The number of alkyl halides is 1. The average Bonchev–Trinajstić information content (AvgIpc) is 2.86. The van der Waals surface area contributed by atoms with Crippen LogP contribution in [-0.4, -0.2) is 28.4 Å². The van der Waals surface area contributed by atoms with E-state index in [1.54, 1.807) is 0 Å². The highest BCUT2D eigenvalue weighted by atomic mass is 79.9. The summed E-state index contributed by atoms with van der Waals surface area (Å²) >= 11 is 6.99. The maximum absolute atomic E-state index is 4.54. The molecule has 0 spiro atoms. The molecule has 19 heavy (non-hydrogen) atoms. The number of halogens is 2. The summed E-state index contributed by atoms with van der Waals surface area (Å²) in [7, 11) is 0. The number of rotatable bonds is 3. The summed E-state index contributed by atoms with van der Waals surface area (Å²) < 4.78 is 0.975. The van der Waals surface area contributed by atoms with Gasteiger partial charge in [-0.25, -0.2) is 0 Å². The molecular formula is C14H15Br2N3. The number of hydrogen-bond acceptors (Lipinski definition) is 3. The molecule has 1 saturated heterocycles. The molecule has 3 nitrogen and oxygen atoms in total. The van der Waals surface area contributed by atoms with E-state index in [1.165, 1.54) is 18.5 Å². The van der Waals surface area contributed by atoms with Gasteiger partial charge in [-0.1, -0.05) is 15.9 Å². The van der Waals surface area contributed by atoms with Gasteiger partial charge >= 0.3 is 0 Å². The lowest BCUT2D eigenvalue weighted by molar-refractivity contribution is 0.576. The van der Waals surface area contributed by atoms with Crippen LogP contribution in [0.2, 0.25) is 0 Å². The molecule has 2 aromatic rings. The molecule has 0 bridgehead atoms. The van der Waals surface area contributed by atoms with Gasteiger partial charge in [-0.15, -0.1) is 0 Å². The number of fused-ring (bicyclic) bond motifs is 1. The zero-order chi connectivity index (χ0) is 13.2. The molecular weight excluding hydrogens is 370 g/mol. The van der Waals surface area contributed by atoms with Crippen LogP contribution in [0, 0.1) is 5.92 Å². The second-order valence-electron chi connectivity index (χ2n) is 4.93. The Morgan fingerprint density at radius 3 is 3.11 bits per heavy atom. The fourth-order valence-corrected chi connectivity index (χ4v) is 3.65. The van der Waals surface area contributed by atoms with Crippen molar-refractivity contribution < 1.29 is 0 Å². The first-order chi connectivity index (χ1) is 9.28. The van der Waals surface area contributed by atoms with Crippen LogP contribution in [0.3, 0.4) is 0 Å². The molecule has 2 aromatic heterocycles. The summed E-state index contributed by atoms with van der Waals surface area (Å²) in [5.41, 5.74) is 3.18. The fourth-order valence-electron chi connectivity index (χ4n) is 2.69. The molecule has 5 heteroatoms. The Labute approximate surface area is 129 Å². The van der Waals surface area contributed by atoms with Crippen LogP contribution in [0.25, 0.3) is 11.0 Å². The summed E-state index contributed by atoms with van der Waals surface area (Å²) in [5.74, 6) is 0.790. The van der Waals surface area contributed by atoms with Crippen LogP contribution >= 0.6 is 31.9 Å². The molecule has 3 heterocycles. The van der Waals surface area contributed by atoms with Crippen LogP contribution in [0.5, 0.6) is 0 Å². The Morgan fingerprint density at radius 2 is 2.26 bits per heavy atom. The number of anilines is 1. The first-order valence-electron chi connectivity index (χ1n) is 6.49. The van der Waals surface area contributed by atoms with E-state index in [4.69, 9.17) is 0 Å². The second kappa shape index (κ2) is 5.75. The topological polar surface area (TPSA) is 29.0 Å². The van der Waals surface area contributed by atoms with Crippen LogP contribution in [0.4, 0.5) is 5.69 Å². The summed E-state index contributed by atoms with van der Waals surface area (Å²) in [4.78, 5) is 11.4. The van der Waals surface area contributed by atoms with Crippen molar-refractivity contribution in [3.05, 3.63) is 29.0 Å². The van der Waals surface area contributed by atoms with Crippen LogP contribution in [-0.2, 0) is 0 Å². The fraction of sp³-hybridized carbons (Fsp3) is 0.429. The molecule has 1 unspecified atom stereocenters. The third-order valence-corrected chi connectivity index (χ3v) is 4.56. The van der Waals surface area contributed by atoms with Gasteiger partial charge in [0, 0.05) is 35.3 Å². The minimum Gasteiger partial charge on any atom is -0.369 e. The van der Waals surface area contributed by atoms with Gasteiger partial charge < -0.3 is 4.90 Å². The zero-order valence-corrected chi connectivity index (χ0v) is 13.7. The van der Waals surface area contributed by atoms with Gasteiger partial charge in [0.1, 0.15) is 5.52 Å². The normalized spacial score (nSPS) is 19.3. The monoisotopic (exact) mass is 383 g/mol. The molecule has 1 aliphatic rings. The van der Waals surface area contributed by atoms with E-state index >= 15 is 0 Å². The molecule has 100 valence electrons. The smallest absolute Gasteiger partial charge is 0.112 e. The minimum absolute atomic E-state index is 0.790. The lowest BCUT2D eigenvalue weighted by atomic mass is 10.1. The molecule has 0 saturated carbocycles. The largest absolute Gasteiger partial charge is 0.369 e. The molecule has 3 rings (SSSR count). The third kappa shape index (κ3) is 2.77. The molecule has 1 aliphatic heterocycles. The van der Waals surface area contributed by atoms with Crippen molar-refractivity contribution in [3.63, 3.8) is 0 Å². The lowest BCUT2D eigenvalue weighted by Crippen LogP contribution is -2.20. The Hall–Kier alpha value is -0.680. The predicted molar refractivity (Wildman–Crippen MR) is 86.0 cm³/mol. The van der Waals surface area contributed by atoms with E-state index in [9.17, 15) is 0 Å². The maximum Gasteiger partial charge on any atom is 0.112 e. The van der Waals surface area contributed by atoms with Gasteiger partial charge in [0.05, 0.1) is 11.2 Å². The lowest BCUT2D eigenvalue weighted by Gasteiger charge is -2.19. The third-order valence-electron chi connectivity index (χ3n) is 3.67. The highest BCUT2D eigenvalue weighted by molar-refractivity contribution is 9.10. The molecule has 0 amide bonds. The molecule has 0 radical (unpaired) electrons. The van der Waals surface area contributed by atoms with E-state index in [-0.39, 0.29) is 0 Å². The van der Waals surface area contributed by atoms with Crippen molar-refractivity contribution in [1.29, 1.82) is 0 Å². The van der Waals surface area contributed by atoms with Gasteiger partial charge in [-0.2, -0.15) is 0 Å².